The summed E-state index contributed by atoms with van der Waals surface area (Å²) in [7, 11) is 0. The zero-order valence-corrected chi connectivity index (χ0v) is 18.9. The van der Waals surface area contributed by atoms with Crippen molar-refractivity contribution in [3.05, 3.63) is 136 Å². The molecular weight excluding hydrogens is 444 g/mol. The Labute approximate surface area is 202 Å². The van der Waals surface area contributed by atoms with Crippen LogP contribution in [0.1, 0.15) is 22.6 Å². The molecule has 3 aromatic carbocycles. The molecule has 1 unspecified atom stereocenters. The van der Waals surface area contributed by atoms with Crippen LogP contribution in [-0.4, -0.2) is 18.0 Å². The number of hydrogen-bond acceptors (Lipinski definition) is 4. The Morgan fingerprint density at radius 2 is 1.63 bits per heavy atom. The molecule has 0 aromatic heterocycles. The Balaban J connectivity index is 1.66. The summed E-state index contributed by atoms with van der Waals surface area (Å²) in [6, 6.07) is 25.0. The van der Waals surface area contributed by atoms with Gasteiger partial charge in [0, 0.05) is 36.3 Å². The van der Waals surface area contributed by atoms with Gasteiger partial charge in [-0.25, -0.2) is 8.78 Å². The molecule has 2 N–H and O–H groups in total. The third-order valence-corrected chi connectivity index (χ3v) is 6.31. The SMILES string of the molecule is N#CC1=C(N)OC2=C(CN(Cc3ccccc3)C/C2=C\c2ccccc2F)C1c1ccccc1F. The van der Waals surface area contributed by atoms with Gasteiger partial charge in [-0.05, 0) is 29.3 Å². The zero-order chi connectivity index (χ0) is 24.4. The van der Waals surface area contributed by atoms with E-state index in [2.05, 4.69) is 11.0 Å². The number of hydrogen-bond donors (Lipinski definition) is 1. The van der Waals surface area contributed by atoms with E-state index in [1.807, 2.05) is 30.3 Å². The molecule has 0 saturated heterocycles. The van der Waals surface area contributed by atoms with E-state index < -0.39 is 11.7 Å². The molecule has 3 aromatic rings. The zero-order valence-electron chi connectivity index (χ0n) is 18.9. The molecular formula is C29H23F2N3O. The van der Waals surface area contributed by atoms with Crippen molar-refractivity contribution < 1.29 is 13.5 Å². The van der Waals surface area contributed by atoms with Crippen molar-refractivity contribution in [3.8, 4) is 6.07 Å². The number of rotatable bonds is 4. The van der Waals surface area contributed by atoms with Gasteiger partial charge in [0.2, 0.25) is 5.88 Å². The smallest absolute Gasteiger partial charge is 0.205 e. The molecule has 0 aliphatic carbocycles. The summed E-state index contributed by atoms with van der Waals surface area (Å²) in [5, 5.41) is 9.92. The highest BCUT2D eigenvalue weighted by atomic mass is 19.1. The number of ether oxygens (including phenoxy) is 1. The number of allylic oxidation sites excluding steroid dienone is 1. The molecule has 0 fully saturated rings. The maximum absolute atomic E-state index is 15.0. The van der Waals surface area contributed by atoms with Crippen LogP contribution < -0.4 is 5.73 Å². The van der Waals surface area contributed by atoms with E-state index in [-0.39, 0.29) is 17.3 Å². The van der Waals surface area contributed by atoms with Gasteiger partial charge in [-0.15, -0.1) is 0 Å². The van der Waals surface area contributed by atoms with Crippen molar-refractivity contribution in [2.75, 3.05) is 13.1 Å². The monoisotopic (exact) mass is 467 g/mol. The number of halogens is 2. The van der Waals surface area contributed by atoms with Gasteiger partial charge in [-0.1, -0.05) is 66.7 Å². The second-order valence-corrected chi connectivity index (χ2v) is 8.62. The molecule has 0 spiro atoms. The molecule has 4 nitrogen and oxygen atoms in total. The van der Waals surface area contributed by atoms with Gasteiger partial charge in [0.25, 0.3) is 0 Å². The first-order chi connectivity index (χ1) is 17.0. The van der Waals surface area contributed by atoms with Crippen LogP contribution in [0, 0.1) is 23.0 Å². The lowest BCUT2D eigenvalue weighted by atomic mass is 9.80. The number of benzene rings is 3. The van der Waals surface area contributed by atoms with Crippen LogP contribution in [-0.2, 0) is 11.3 Å². The first-order valence-corrected chi connectivity index (χ1v) is 11.3. The van der Waals surface area contributed by atoms with Crippen molar-refractivity contribution in [2.45, 2.75) is 12.5 Å². The Hall–Kier alpha value is -4.21. The molecule has 35 heavy (non-hydrogen) atoms. The van der Waals surface area contributed by atoms with Crippen LogP contribution in [0.5, 0.6) is 0 Å². The lowest BCUT2D eigenvalue weighted by molar-refractivity contribution is 0.229. The third kappa shape index (κ3) is 4.46. The Kier molecular flexibility index (Phi) is 6.17. The van der Waals surface area contributed by atoms with Gasteiger partial charge in [0.15, 0.2) is 0 Å². The summed E-state index contributed by atoms with van der Waals surface area (Å²) in [5.41, 5.74) is 9.67. The summed E-state index contributed by atoms with van der Waals surface area (Å²) >= 11 is 0. The quantitative estimate of drug-likeness (QED) is 0.541. The lowest BCUT2D eigenvalue weighted by Gasteiger charge is -2.38. The van der Waals surface area contributed by atoms with E-state index in [1.165, 1.54) is 12.1 Å². The minimum absolute atomic E-state index is 0.0598. The van der Waals surface area contributed by atoms with Crippen molar-refractivity contribution in [1.29, 1.82) is 5.26 Å². The van der Waals surface area contributed by atoms with E-state index in [4.69, 9.17) is 10.5 Å². The fourth-order valence-corrected chi connectivity index (χ4v) is 4.74. The van der Waals surface area contributed by atoms with Crippen LogP contribution in [0.3, 0.4) is 0 Å². The topological polar surface area (TPSA) is 62.3 Å². The first-order valence-electron chi connectivity index (χ1n) is 11.3. The van der Waals surface area contributed by atoms with Gasteiger partial charge in [0.1, 0.15) is 29.0 Å². The predicted molar refractivity (Wildman–Crippen MR) is 130 cm³/mol. The molecule has 174 valence electrons. The predicted octanol–water partition coefficient (Wildman–Crippen LogP) is 5.63. The molecule has 2 aliphatic rings. The fourth-order valence-electron chi connectivity index (χ4n) is 4.74. The highest BCUT2D eigenvalue weighted by Gasteiger charge is 2.38. The standard InChI is InChI=1S/C29H23F2N3O/c30-25-12-6-4-10-20(25)14-21-17-34(16-19-8-2-1-3-9-19)18-24-27(22-11-5-7-13-26(22)31)23(15-32)29(33)35-28(21)24/h1-14,27H,16-18,33H2/b21-14+. The van der Waals surface area contributed by atoms with E-state index in [0.29, 0.717) is 42.1 Å². The average molecular weight is 468 g/mol. The van der Waals surface area contributed by atoms with E-state index >= 15 is 0 Å². The summed E-state index contributed by atoms with van der Waals surface area (Å²) in [4.78, 5) is 2.18. The molecule has 0 saturated carbocycles. The van der Waals surface area contributed by atoms with Gasteiger partial charge in [-0.3, -0.25) is 4.90 Å². The summed E-state index contributed by atoms with van der Waals surface area (Å²) in [6.07, 6.45) is 1.74. The van der Waals surface area contributed by atoms with E-state index in [1.54, 1.807) is 42.5 Å². The minimum Gasteiger partial charge on any atom is -0.440 e. The van der Waals surface area contributed by atoms with Crippen LogP contribution in [0.2, 0.25) is 0 Å². The molecule has 0 radical (unpaired) electrons. The van der Waals surface area contributed by atoms with Crippen LogP contribution in [0.15, 0.2) is 107 Å². The van der Waals surface area contributed by atoms with E-state index in [0.717, 1.165) is 11.1 Å². The third-order valence-electron chi connectivity index (χ3n) is 6.31. The number of nitriles is 1. The van der Waals surface area contributed by atoms with Crippen molar-refractivity contribution in [2.24, 2.45) is 5.73 Å². The molecule has 2 heterocycles. The molecule has 0 bridgehead atoms. The Morgan fingerprint density at radius 1 is 0.943 bits per heavy atom. The van der Waals surface area contributed by atoms with Crippen LogP contribution >= 0.6 is 0 Å². The van der Waals surface area contributed by atoms with E-state index in [9.17, 15) is 14.0 Å². The second-order valence-electron chi connectivity index (χ2n) is 8.62. The second kappa shape index (κ2) is 9.57. The summed E-state index contributed by atoms with van der Waals surface area (Å²) in [6.45, 7) is 1.54. The highest BCUT2D eigenvalue weighted by Crippen LogP contribution is 2.44. The summed E-state index contributed by atoms with van der Waals surface area (Å²) in [5.74, 6) is -1.07. The van der Waals surface area contributed by atoms with Crippen molar-refractivity contribution >= 4 is 6.08 Å². The van der Waals surface area contributed by atoms with Crippen molar-refractivity contribution in [3.63, 3.8) is 0 Å². The fraction of sp³-hybridized carbons (Fsp3) is 0.138. The molecule has 1 atom stereocenters. The maximum Gasteiger partial charge on any atom is 0.205 e. The van der Waals surface area contributed by atoms with Gasteiger partial charge >= 0.3 is 0 Å². The highest BCUT2D eigenvalue weighted by molar-refractivity contribution is 5.63. The van der Waals surface area contributed by atoms with Crippen molar-refractivity contribution in [1.82, 2.24) is 4.90 Å². The number of nitrogens with two attached hydrogens (primary N) is 1. The van der Waals surface area contributed by atoms with Gasteiger partial charge in [0.05, 0.1) is 5.92 Å². The lowest BCUT2D eigenvalue weighted by Crippen LogP contribution is -2.38. The molecule has 5 rings (SSSR count). The molecule has 2 aliphatic heterocycles. The minimum atomic E-state index is -0.701. The largest absolute Gasteiger partial charge is 0.440 e. The van der Waals surface area contributed by atoms with Crippen LogP contribution in [0.4, 0.5) is 8.78 Å². The molecule has 0 amide bonds. The van der Waals surface area contributed by atoms with Gasteiger partial charge in [-0.2, -0.15) is 5.26 Å². The maximum atomic E-state index is 15.0. The Morgan fingerprint density at radius 3 is 2.34 bits per heavy atom. The molecule has 6 heteroatoms. The van der Waals surface area contributed by atoms with Gasteiger partial charge < -0.3 is 10.5 Å². The average Bonchev–Trinajstić information content (AvgIpc) is 2.86. The van der Waals surface area contributed by atoms with Crippen LogP contribution in [0.25, 0.3) is 6.08 Å². The Bertz CT molecular complexity index is 1400. The normalized spacial score (nSPS) is 19.3. The number of nitrogens with zero attached hydrogens (tertiary/aromatic N) is 2. The summed E-state index contributed by atoms with van der Waals surface area (Å²) < 4.78 is 35.5. The first kappa shape index (κ1) is 22.6.